The van der Waals surface area contributed by atoms with Crippen molar-refractivity contribution in [1.29, 1.82) is 0 Å². The quantitative estimate of drug-likeness (QED) is 0.338. The highest BCUT2D eigenvalue weighted by atomic mass is 35.5. The van der Waals surface area contributed by atoms with E-state index in [-0.39, 0.29) is 42.6 Å². The second kappa shape index (κ2) is 12.3. The van der Waals surface area contributed by atoms with Gasteiger partial charge in [0.05, 0.1) is 30.7 Å². The molecule has 0 aliphatic carbocycles. The lowest BCUT2D eigenvalue weighted by Gasteiger charge is -2.37. The Balaban J connectivity index is 1.38. The number of sulfonamides is 1. The molecular weight excluding hydrogens is 560 g/mol. The molecule has 1 saturated heterocycles. The number of rotatable bonds is 10. The normalized spacial score (nSPS) is 19.2. The Morgan fingerprint density at radius 2 is 1.87 bits per heavy atom. The van der Waals surface area contributed by atoms with E-state index in [1.165, 1.54) is 28.4 Å². The van der Waals surface area contributed by atoms with Gasteiger partial charge in [0.15, 0.2) is 0 Å². The lowest BCUT2D eigenvalue weighted by atomic mass is 10.0. The Kier molecular flexibility index (Phi) is 8.78. The van der Waals surface area contributed by atoms with Crippen molar-refractivity contribution in [1.82, 2.24) is 9.21 Å². The number of hydrogen-bond acceptors (Lipinski definition) is 7. The Bertz CT molecular complexity index is 1370. The van der Waals surface area contributed by atoms with Crippen molar-refractivity contribution < 1.29 is 27.4 Å². The third kappa shape index (κ3) is 6.41. The minimum atomic E-state index is -3.97. The Hall–Kier alpha value is -2.63. The number of carbonyl (C=O) groups is 1. The van der Waals surface area contributed by atoms with Crippen molar-refractivity contribution >= 4 is 38.9 Å². The van der Waals surface area contributed by atoms with E-state index in [2.05, 4.69) is 0 Å². The first kappa shape index (κ1) is 27.9. The Morgan fingerprint density at radius 3 is 2.56 bits per heavy atom. The van der Waals surface area contributed by atoms with Gasteiger partial charge < -0.3 is 19.1 Å². The molecule has 3 aromatic rings. The van der Waals surface area contributed by atoms with Gasteiger partial charge in [-0.05, 0) is 84.8 Å². The van der Waals surface area contributed by atoms with Crippen LogP contribution in [0.15, 0.2) is 64.9 Å². The molecular formula is C28H31ClN2O6S2. The summed E-state index contributed by atoms with van der Waals surface area (Å²) in [5.41, 5.74) is 1.04. The topological polar surface area (TPSA) is 85.4 Å². The summed E-state index contributed by atoms with van der Waals surface area (Å²) in [5.74, 6) is 0.932. The van der Waals surface area contributed by atoms with E-state index in [1.54, 1.807) is 52.6 Å². The van der Waals surface area contributed by atoms with E-state index in [1.807, 2.05) is 11.4 Å². The summed E-state index contributed by atoms with van der Waals surface area (Å²) in [5, 5.41) is 2.63. The summed E-state index contributed by atoms with van der Waals surface area (Å²) >= 11 is 7.67. The molecule has 2 aromatic carbocycles. The van der Waals surface area contributed by atoms with Crippen molar-refractivity contribution in [2.75, 3.05) is 40.0 Å². The van der Waals surface area contributed by atoms with Crippen molar-refractivity contribution in [2.45, 2.75) is 36.3 Å². The highest BCUT2D eigenvalue weighted by Gasteiger charge is 2.36. The molecule has 0 bridgehead atoms. The van der Waals surface area contributed by atoms with Crippen LogP contribution in [-0.4, -0.2) is 69.6 Å². The molecule has 0 spiro atoms. The van der Waals surface area contributed by atoms with E-state index >= 15 is 0 Å². The van der Waals surface area contributed by atoms with Gasteiger partial charge in [0.1, 0.15) is 18.1 Å². The van der Waals surface area contributed by atoms with Crippen LogP contribution in [0.3, 0.4) is 0 Å². The molecule has 2 aliphatic heterocycles. The number of ether oxygens (including phenoxy) is 3. The molecule has 1 fully saturated rings. The molecule has 2 atom stereocenters. The van der Waals surface area contributed by atoms with Crippen LogP contribution >= 0.6 is 22.9 Å². The van der Waals surface area contributed by atoms with Gasteiger partial charge in [-0.3, -0.25) is 4.79 Å². The number of thiophene rings is 1. The summed E-state index contributed by atoms with van der Waals surface area (Å²) < 4.78 is 45.7. The smallest absolute Gasteiger partial charge is 0.243 e. The summed E-state index contributed by atoms with van der Waals surface area (Å²) in [6.07, 6.45) is 2.08. The van der Waals surface area contributed by atoms with Gasteiger partial charge in [0, 0.05) is 29.6 Å². The van der Waals surface area contributed by atoms with Crippen LogP contribution in [0.2, 0.25) is 5.02 Å². The highest BCUT2D eigenvalue weighted by Crippen LogP contribution is 2.34. The third-order valence-electron chi connectivity index (χ3n) is 7.08. The molecule has 208 valence electrons. The Labute approximate surface area is 238 Å². The van der Waals surface area contributed by atoms with Gasteiger partial charge in [-0.15, -0.1) is 11.3 Å². The summed E-state index contributed by atoms with van der Waals surface area (Å²) in [7, 11) is -2.44. The fraction of sp³-hybridized carbons (Fsp3) is 0.393. The van der Waals surface area contributed by atoms with E-state index in [0.717, 1.165) is 18.4 Å². The van der Waals surface area contributed by atoms with Crippen molar-refractivity contribution in [3.05, 3.63) is 75.4 Å². The molecule has 39 heavy (non-hydrogen) atoms. The average Bonchev–Trinajstić information content (AvgIpc) is 3.64. The monoisotopic (exact) mass is 590 g/mol. The Morgan fingerprint density at radius 1 is 1.13 bits per heavy atom. The number of fused-ring (bicyclic) bond motifs is 1. The minimum absolute atomic E-state index is 0.107. The maximum absolute atomic E-state index is 13.8. The van der Waals surface area contributed by atoms with Gasteiger partial charge >= 0.3 is 0 Å². The molecule has 0 saturated carbocycles. The summed E-state index contributed by atoms with van der Waals surface area (Å²) in [6, 6.07) is 15.0. The lowest BCUT2D eigenvalue weighted by Crippen LogP contribution is -2.49. The van der Waals surface area contributed by atoms with Crippen LogP contribution < -0.4 is 9.47 Å². The molecule has 1 aromatic heterocycles. The van der Waals surface area contributed by atoms with E-state index in [0.29, 0.717) is 36.1 Å². The minimum Gasteiger partial charge on any atom is -0.497 e. The highest BCUT2D eigenvalue weighted by molar-refractivity contribution is 7.89. The molecule has 0 unspecified atom stereocenters. The zero-order valence-electron chi connectivity index (χ0n) is 21.6. The SMILES string of the molecule is COc1ccc(S(=O)(=O)N(CC(=O)N2CCc3sccc3[C@@H]2COc2ccc(Cl)cc2)C[C@H]2CCCO2)cc1. The average molecular weight is 591 g/mol. The van der Waals surface area contributed by atoms with Gasteiger partial charge in [0.25, 0.3) is 0 Å². The van der Waals surface area contributed by atoms with Crippen LogP contribution in [0.25, 0.3) is 0 Å². The van der Waals surface area contributed by atoms with Crippen molar-refractivity contribution in [2.24, 2.45) is 0 Å². The number of hydrogen-bond donors (Lipinski definition) is 0. The van der Waals surface area contributed by atoms with Gasteiger partial charge in [-0.1, -0.05) is 11.6 Å². The lowest BCUT2D eigenvalue weighted by molar-refractivity contribution is -0.135. The maximum atomic E-state index is 13.8. The van der Waals surface area contributed by atoms with Crippen LogP contribution in [0.5, 0.6) is 11.5 Å². The number of nitrogens with zero attached hydrogens (tertiary/aromatic N) is 2. The zero-order valence-corrected chi connectivity index (χ0v) is 24.0. The molecule has 2 aliphatic rings. The fourth-order valence-electron chi connectivity index (χ4n) is 4.98. The molecule has 0 N–H and O–H groups in total. The predicted octanol–water partition coefficient (Wildman–Crippen LogP) is 4.78. The third-order valence-corrected chi connectivity index (χ3v) is 10.2. The summed E-state index contributed by atoms with van der Waals surface area (Å²) in [4.78, 5) is 16.9. The van der Waals surface area contributed by atoms with E-state index < -0.39 is 10.0 Å². The van der Waals surface area contributed by atoms with Crippen LogP contribution in [0.4, 0.5) is 0 Å². The van der Waals surface area contributed by atoms with Gasteiger partial charge in [-0.25, -0.2) is 8.42 Å². The van der Waals surface area contributed by atoms with Crippen molar-refractivity contribution in [3.8, 4) is 11.5 Å². The number of amides is 1. The first-order valence-electron chi connectivity index (χ1n) is 12.8. The second-order valence-electron chi connectivity index (χ2n) is 9.53. The van der Waals surface area contributed by atoms with Crippen LogP contribution in [0.1, 0.15) is 29.3 Å². The van der Waals surface area contributed by atoms with Gasteiger partial charge in [-0.2, -0.15) is 4.31 Å². The number of halogens is 1. The molecule has 0 radical (unpaired) electrons. The number of benzene rings is 2. The van der Waals surface area contributed by atoms with E-state index in [4.69, 9.17) is 25.8 Å². The van der Waals surface area contributed by atoms with Crippen molar-refractivity contribution in [3.63, 3.8) is 0 Å². The first-order chi connectivity index (χ1) is 18.8. The fourth-order valence-corrected chi connectivity index (χ4v) is 7.46. The second-order valence-corrected chi connectivity index (χ2v) is 12.9. The molecule has 1 amide bonds. The van der Waals surface area contributed by atoms with E-state index in [9.17, 15) is 13.2 Å². The molecule has 3 heterocycles. The van der Waals surface area contributed by atoms with Gasteiger partial charge in [0.2, 0.25) is 15.9 Å². The molecule has 11 heteroatoms. The largest absolute Gasteiger partial charge is 0.497 e. The van der Waals surface area contributed by atoms with Crippen LogP contribution in [0, 0.1) is 0 Å². The standard InChI is InChI=1S/C28H31ClN2O6S2/c1-35-21-8-10-24(11-9-21)39(33,34)30(17-23-3-2-15-36-23)18-28(32)31-14-12-27-25(13-16-38-27)26(31)19-37-22-6-4-20(29)5-7-22/h4-11,13,16,23,26H,2-3,12,14-15,17-19H2,1H3/t23-,26+/m1/s1. The number of carbonyl (C=O) groups excluding carboxylic acids is 1. The zero-order chi connectivity index (χ0) is 27.4. The number of methoxy groups -OCH3 is 1. The van der Waals surface area contributed by atoms with Crippen LogP contribution in [-0.2, 0) is 26.0 Å². The first-order valence-corrected chi connectivity index (χ1v) is 15.5. The molecule has 8 nitrogen and oxygen atoms in total. The summed E-state index contributed by atoms with van der Waals surface area (Å²) in [6.45, 7) is 1.15. The predicted molar refractivity (Wildman–Crippen MR) is 150 cm³/mol. The molecule has 5 rings (SSSR count). The maximum Gasteiger partial charge on any atom is 0.243 e.